The molecule has 0 amide bonds. The Morgan fingerprint density at radius 1 is 1.50 bits per heavy atom. The van der Waals surface area contributed by atoms with E-state index in [2.05, 4.69) is 20.7 Å². The second-order valence-corrected chi connectivity index (χ2v) is 4.64. The first-order chi connectivity index (χ1) is 6.45. The summed E-state index contributed by atoms with van der Waals surface area (Å²) in [5.41, 5.74) is 0.580. The van der Waals surface area contributed by atoms with Gasteiger partial charge in [0, 0.05) is 5.56 Å². The molecule has 0 saturated heterocycles. The van der Waals surface area contributed by atoms with Crippen molar-refractivity contribution in [1.29, 1.82) is 0 Å². The molecule has 0 aliphatic heterocycles. The highest BCUT2D eigenvalue weighted by atomic mass is 79.9. The van der Waals surface area contributed by atoms with E-state index in [1.807, 2.05) is 0 Å². The smallest absolute Gasteiger partial charge is 0.337 e. The Labute approximate surface area is 94.1 Å². The Morgan fingerprint density at radius 2 is 2.00 bits per heavy atom. The van der Waals surface area contributed by atoms with Crippen LogP contribution >= 0.6 is 27.5 Å². The van der Waals surface area contributed by atoms with Crippen molar-refractivity contribution in [2.24, 2.45) is 0 Å². The number of carbonyl (C=O) groups is 1. The van der Waals surface area contributed by atoms with Gasteiger partial charge in [0.1, 0.15) is 0 Å². The van der Waals surface area contributed by atoms with E-state index < -0.39 is 10.0 Å². The summed E-state index contributed by atoms with van der Waals surface area (Å²) in [6, 6.07) is 5.71. The molecule has 0 fully saturated rings. The van der Waals surface area contributed by atoms with Crippen molar-refractivity contribution < 1.29 is 13.9 Å². The first kappa shape index (κ1) is 11.5. The lowest BCUT2D eigenvalue weighted by Gasteiger charge is -2.09. The first-order valence-electron chi connectivity index (χ1n) is 3.70. The van der Waals surface area contributed by atoms with Gasteiger partial charge in [-0.1, -0.05) is 23.7 Å². The van der Waals surface area contributed by atoms with Crippen LogP contribution in [0.3, 0.4) is 0 Å². The number of benzene rings is 1. The third-order valence-corrected chi connectivity index (χ3v) is 2.31. The standard InChI is InChI=1S/C9H7BrClFO2/c1-14-8(13)6-2-4-7(5-3-6)9(10,11)12/h2-5H,1H3. The molecule has 1 unspecified atom stereocenters. The first-order valence-corrected chi connectivity index (χ1v) is 4.88. The van der Waals surface area contributed by atoms with Crippen molar-refractivity contribution in [2.75, 3.05) is 7.11 Å². The SMILES string of the molecule is COC(=O)c1ccc(C(F)(Cl)Br)cc1. The molecule has 1 atom stereocenters. The summed E-state index contributed by atoms with van der Waals surface area (Å²) in [5.74, 6) is -0.467. The van der Waals surface area contributed by atoms with Crippen molar-refractivity contribution in [3.05, 3.63) is 35.4 Å². The lowest BCUT2D eigenvalue weighted by Crippen LogP contribution is -2.04. The number of rotatable bonds is 2. The number of halogens is 3. The molecule has 0 spiro atoms. The number of hydrogen-bond acceptors (Lipinski definition) is 2. The van der Waals surface area contributed by atoms with Crippen LogP contribution in [0, 0.1) is 0 Å². The van der Waals surface area contributed by atoms with Crippen LogP contribution < -0.4 is 0 Å². The summed E-state index contributed by atoms with van der Waals surface area (Å²) in [7, 11) is 1.28. The van der Waals surface area contributed by atoms with Crippen LogP contribution in [-0.2, 0) is 8.77 Å². The molecule has 14 heavy (non-hydrogen) atoms. The normalized spacial score (nSPS) is 14.6. The average Bonchev–Trinajstić information content (AvgIpc) is 2.15. The Kier molecular flexibility index (Phi) is 3.50. The number of hydrogen-bond donors (Lipinski definition) is 0. The van der Waals surface area contributed by atoms with Crippen LogP contribution in [0.2, 0.25) is 0 Å². The van der Waals surface area contributed by atoms with Gasteiger partial charge in [0.2, 0.25) is 0 Å². The minimum atomic E-state index is -2.10. The number of ether oxygens (including phenoxy) is 1. The largest absolute Gasteiger partial charge is 0.465 e. The van der Waals surface area contributed by atoms with E-state index in [0.717, 1.165) is 0 Å². The van der Waals surface area contributed by atoms with Crippen LogP contribution in [0.15, 0.2) is 24.3 Å². The van der Waals surface area contributed by atoms with E-state index in [-0.39, 0.29) is 5.56 Å². The summed E-state index contributed by atoms with van der Waals surface area (Å²) in [6.07, 6.45) is 0. The van der Waals surface area contributed by atoms with Crippen molar-refractivity contribution in [3.8, 4) is 0 Å². The zero-order chi connectivity index (χ0) is 10.8. The molecular formula is C9H7BrClFO2. The van der Waals surface area contributed by atoms with Gasteiger partial charge >= 0.3 is 5.97 Å². The maximum atomic E-state index is 13.1. The number of esters is 1. The molecule has 0 radical (unpaired) electrons. The van der Waals surface area contributed by atoms with Crippen LogP contribution in [0.4, 0.5) is 4.39 Å². The summed E-state index contributed by atoms with van der Waals surface area (Å²) < 4.78 is 15.5. The summed E-state index contributed by atoms with van der Waals surface area (Å²) in [5, 5.41) is 0. The van der Waals surface area contributed by atoms with Crippen molar-refractivity contribution in [3.63, 3.8) is 0 Å². The number of methoxy groups -OCH3 is 1. The molecule has 76 valence electrons. The molecule has 0 saturated carbocycles. The van der Waals surface area contributed by atoms with Gasteiger partial charge in [0.05, 0.1) is 12.7 Å². The van der Waals surface area contributed by atoms with Crippen LogP contribution in [0.5, 0.6) is 0 Å². The molecule has 5 heteroatoms. The van der Waals surface area contributed by atoms with Crippen LogP contribution in [0.1, 0.15) is 15.9 Å². The van der Waals surface area contributed by atoms with Gasteiger partial charge in [-0.05, 0) is 28.1 Å². The van der Waals surface area contributed by atoms with Crippen molar-refractivity contribution in [1.82, 2.24) is 0 Å². The second-order valence-electron chi connectivity index (χ2n) is 2.57. The Bertz CT molecular complexity index is 332. The van der Waals surface area contributed by atoms with Crippen LogP contribution in [0.25, 0.3) is 0 Å². The number of alkyl halides is 3. The fraction of sp³-hybridized carbons (Fsp3) is 0.222. The van der Waals surface area contributed by atoms with Crippen molar-refractivity contribution in [2.45, 2.75) is 4.04 Å². The van der Waals surface area contributed by atoms with E-state index in [9.17, 15) is 9.18 Å². The average molecular weight is 282 g/mol. The predicted molar refractivity (Wildman–Crippen MR) is 55.3 cm³/mol. The highest BCUT2D eigenvalue weighted by molar-refractivity contribution is 9.10. The zero-order valence-corrected chi connectivity index (χ0v) is 9.60. The number of carbonyl (C=O) groups excluding carboxylic acids is 1. The fourth-order valence-corrected chi connectivity index (χ4v) is 1.30. The second kappa shape index (κ2) is 4.28. The molecule has 0 aliphatic carbocycles. The molecule has 0 N–H and O–H groups in total. The lowest BCUT2D eigenvalue weighted by molar-refractivity contribution is 0.0600. The minimum absolute atomic E-state index is 0.229. The lowest BCUT2D eigenvalue weighted by atomic mass is 10.1. The Hall–Kier alpha value is -0.610. The van der Waals surface area contributed by atoms with E-state index in [1.165, 1.54) is 31.4 Å². The topological polar surface area (TPSA) is 26.3 Å². The van der Waals surface area contributed by atoms with Gasteiger partial charge < -0.3 is 4.74 Å². The molecule has 1 aromatic rings. The summed E-state index contributed by atoms with van der Waals surface area (Å²) >= 11 is 8.01. The predicted octanol–water partition coefficient (Wildman–Crippen LogP) is 3.19. The minimum Gasteiger partial charge on any atom is -0.465 e. The van der Waals surface area contributed by atoms with Gasteiger partial charge in [-0.15, -0.1) is 0 Å². The highest BCUT2D eigenvalue weighted by Gasteiger charge is 2.24. The highest BCUT2D eigenvalue weighted by Crippen LogP contribution is 2.37. The molecule has 0 aromatic heterocycles. The van der Waals surface area contributed by atoms with Gasteiger partial charge in [0.15, 0.2) is 0 Å². The van der Waals surface area contributed by atoms with Crippen LogP contribution in [-0.4, -0.2) is 13.1 Å². The molecule has 1 aromatic carbocycles. The third kappa shape index (κ3) is 2.69. The monoisotopic (exact) mass is 280 g/mol. The van der Waals surface area contributed by atoms with E-state index in [1.54, 1.807) is 0 Å². The van der Waals surface area contributed by atoms with E-state index in [4.69, 9.17) is 11.6 Å². The molecule has 0 aliphatic rings. The van der Waals surface area contributed by atoms with Gasteiger partial charge in [-0.2, -0.15) is 0 Å². The zero-order valence-electron chi connectivity index (χ0n) is 7.26. The Balaban J connectivity index is 2.95. The quantitative estimate of drug-likeness (QED) is 0.615. The summed E-state index contributed by atoms with van der Waals surface area (Å²) in [4.78, 5) is 11.0. The molecule has 0 bridgehead atoms. The molecule has 1 rings (SSSR count). The molecule has 2 nitrogen and oxygen atoms in total. The molecular weight excluding hydrogens is 274 g/mol. The van der Waals surface area contributed by atoms with E-state index in [0.29, 0.717) is 5.56 Å². The van der Waals surface area contributed by atoms with E-state index >= 15 is 0 Å². The maximum absolute atomic E-state index is 13.1. The van der Waals surface area contributed by atoms with Gasteiger partial charge in [0.25, 0.3) is 4.04 Å². The summed E-state index contributed by atoms with van der Waals surface area (Å²) in [6.45, 7) is 0. The van der Waals surface area contributed by atoms with Gasteiger partial charge in [-0.25, -0.2) is 9.18 Å². The van der Waals surface area contributed by atoms with Gasteiger partial charge in [-0.3, -0.25) is 0 Å². The maximum Gasteiger partial charge on any atom is 0.337 e. The molecule has 0 heterocycles. The van der Waals surface area contributed by atoms with Crippen molar-refractivity contribution >= 4 is 33.5 Å². The Morgan fingerprint density at radius 3 is 2.36 bits per heavy atom. The fourth-order valence-electron chi connectivity index (χ4n) is 0.913. The third-order valence-electron chi connectivity index (χ3n) is 1.63.